The molecule has 0 saturated heterocycles. The van der Waals surface area contributed by atoms with Crippen LogP contribution in [0.25, 0.3) is 0 Å². The molecule has 0 saturated carbocycles. The third-order valence-corrected chi connectivity index (χ3v) is 3.30. The van der Waals surface area contributed by atoms with Gasteiger partial charge in [0.15, 0.2) is 0 Å². The number of hydrogen-bond acceptors (Lipinski definition) is 2. The topological polar surface area (TPSA) is 20.2 Å². The van der Waals surface area contributed by atoms with Gasteiger partial charge < -0.3 is 5.11 Å². The minimum atomic E-state index is -0.114. The minimum Gasteiger partial charge on any atom is -0.395 e. The van der Waals surface area contributed by atoms with E-state index in [4.69, 9.17) is 16.7 Å². The Balaban J connectivity index is 2.60. The Bertz CT molecular complexity index is 243. The predicted molar refractivity (Wildman–Crippen MR) is 60.0 cm³/mol. The Kier molecular flexibility index (Phi) is 3.89. The van der Waals surface area contributed by atoms with E-state index in [0.29, 0.717) is 0 Å². The fourth-order valence-corrected chi connectivity index (χ4v) is 2.46. The Hall–Kier alpha value is 0.0800. The van der Waals surface area contributed by atoms with Crippen LogP contribution in [0, 0.1) is 0 Å². The number of hydrogen-bond donors (Lipinski definition) is 1. The molecule has 0 aromatic carbocycles. The summed E-state index contributed by atoms with van der Waals surface area (Å²) in [5, 5.41) is 10.0. The molecule has 0 aromatic heterocycles. The summed E-state index contributed by atoms with van der Waals surface area (Å²) in [6.07, 6.45) is 6.13. The van der Waals surface area contributed by atoms with E-state index >= 15 is 0 Å². The summed E-state index contributed by atoms with van der Waals surface area (Å²) < 4.78 is -0.114. The molecule has 1 rings (SSSR count). The molecule has 0 radical (unpaired) electrons. The zero-order valence-corrected chi connectivity index (χ0v) is 9.58. The molecule has 0 atom stereocenters. The van der Waals surface area contributed by atoms with Gasteiger partial charge in [0.2, 0.25) is 0 Å². The molecule has 0 aromatic rings. The van der Waals surface area contributed by atoms with Crippen LogP contribution in [0.3, 0.4) is 0 Å². The summed E-state index contributed by atoms with van der Waals surface area (Å²) in [6.45, 7) is 4.23. The van der Waals surface area contributed by atoms with Crippen LogP contribution in [0.2, 0.25) is 0 Å². The lowest BCUT2D eigenvalue weighted by Crippen LogP contribution is -2.20. The van der Waals surface area contributed by atoms with Gasteiger partial charge in [-0.15, -0.1) is 11.8 Å². The maximum absolute atomic E-state index is 9.09. The first kappa shape index (κ1) is 11.2. The Morgan fingerprint density at radius 2 is 2.31 bits per heavy atom. The van der Waals surface area contributed by atoms with Crippen molar-refractivity contribution < 1.29 is 5.11 Å². The number of aliphatic hydroxyl groups is 1. The van der Waals surface area contributed by atoms with Crippen LogP contribution in [0.5, 0.6) is 0 Å². The molecule has 74 valence electrons. The molecule has 0 spiro atoms. The van der Waals surface area contributed by atoms with E-state index in [9.17, 15) is 0 Å². The fraction of sp³-hybridized carbons (Fsp3) is 0.600. The van der Waals surface area contributed by atoms with Gasteiger partial charge in [-0.05, 0) is 32.8 Å². The largest absolute Gasteiger partial charge is 0.395 e. The van der Waals surface area contributed by atoms with Crippen molar-refractivity contribution in [3.63, 3.8) is 0 Å². The van der Waals surface area contributed by atoms with Crippen LogP contribution < -0.4 is 0 Å². The molecule has 13 heavy (non-hydrogen) atoms. The van der Waals surface area contributed by atoms with Gasteiger partial charge >= 0.3 is 0 Å². The molecule has 1 nitrogen and oxygen atoms in total. The lowest BCUT2D eigenvalue weighted by atomic mass is 10.2. The highest BCUT2D eigenvalue weighted by Crippen LogP contribution is 2.35. The van der Waals surface area contributed by atoms with Crippen molar-refractivity contribution in [3.8, 4) is 0 Å². The van der Waals surface area contributed by atoms with Crippen LogP contribution in [0.15, 0.2) is 22.1 Å². The number of thioether (sulfide) groups is 1. The smallest absolute Gasteiger partial charge is 0.0576 e. The molecular formula is C10H15ClOS. The standard InChI is InChI=1S/C10H15ClOS/c1-10(2,7-12)13-9-5-3-4-8(11)6-9/h5-6,12H,3-4,7H2,1-2H3. The molecule has 0 heterocycles. The molecule has 0 bridgehead atoms. The second-order valence-corrected chi connectivity index (χ2v) is 6.02. The van der Waals surface area contributed by atoms with E-state index in [2.05, 4.69) is 6.08 Å². The fourth-order valence-electron chi connectivity index (χ4n) is 1.06. The van der Waals surface area contributed by atoms with E-state index in [-0.39, 0.29) is 11.4 Å². The van der Waals surface area contributed by atoms with Crippen molar-refractivity contribution in [2.45, 2.75) is 31.4 Å². The molecule has 1 aliphatic carbocycles. The lowest BCUT2D eigenvalue weighted by molar-refractivity contribution is 0.265. The van der Waals surface area contributed by atoms with Crippen molar-refractivity contribution in [3.05, 3.63) is 22.1 Å². The van der Waals surface area contributed by atoms with Crippen LogP contribution in [0.4, 0.5) is 0 Å². The van der Waals surface area contributed by atoms with Gasteiger partial charge in [-0.1, -0.05) is 17.7 Å². The Morgan fingerprint density at radius 1 is 1.62 bits per heavy atom. The quantitative estimate of drug-likeness (QED) is 0.785. The van der Waals surface area contributed by atoms with Gasteiger partial charge in [0, 0.05) is 14.7 Å². The first-order valence-corrected chi connectivity index (χ1v) is 5.59. The summed E-state index contributed by atoms with van der Waals surface area (Å²) in [4.78, 5) is 1.18. The summed E-state index contributed by atoms with van der Waals surface area (Å²) in [6, 6.07) is 0. The van der Waals surface area contributed by atoms with Crippen molar-refractivity contribution >= 4 is 23.4 Å². The van der Waals surface area contributed by atoms with Crippen LogP contribution >= 0.6 is 23.4 Å². The summed E-state index contributed by atoms with van der Waals surface area (Å²) in [5.41, 5.74) is 0. The number of aliphatic hydroxyl groups excluding tert-OH is 1. The Morgan fingerprint density at radius 3 is 2.85 bits per heavy atom. The highest BCUT2D eigenvalue weighted by Gasteiger charge is 2.19. The maximum Gasteiger partial charge on any atom is 0.0576 e. The van der Waals surface area contributed by atoms with Crippen molar-refractivity contribution in [1.82, 2.24) is 0 Å². The van der Waals surface area contributed by atoms with E-state index in [1.54, 1.807) is 11.8 Å². The molecule has 0 fully saturated rings. The summed E-state index contributed by atoms with van der Waals surface area (Å²) in [5.74, 6) is 0. The third kappa shape index (κ3) is 3.75. The summed E-state index contributed by atoms with van der Waals surface area (Å²) in [7, 11) is 0. The van der Waals surface area contributed by atoms with Crippen LogP contribution in [-0.4, -0.2) is 16.5 Å². The second kappa shape index (κ2) is 4.54. The maximum atomic E-state index is 9.09. The van der Waals surface area contributed by atoms with E-state index < -0.39 is 0 Å². The predicted octanol–water partition coefficient (Wildman–Crippen LogP) is 3.29. The van der Waals surface area contributed by atoms with Crippen molar-refractivity contribution in [2.24, 2.45) is 0 Å². The molecule has 3 heteroatoms. The zero-order chi connectivity index (χ0) is 9.90. The molecule has 0 amide bonds. The van der Waals surface area contributed by atoms with Gasteiger partial charge in [0.05, 0.1) is 6.61 Å². The van der Waals surface area contributed by atoms with E-state index in [1.165, 1.54) is 4.91 Å². The minimum absolute atomic E-state index is 0.114. The number of halogens is 1. The van der Waals surface area contributed by atoms with Gasteiger partial charge in [-0.3, -0.25) is 0 Å². The molecular weight excluding hydrogens is 204 g/mol. The van der Waals surface area contributed by atoms with Crippen LogP contribution in [0.1, 0.15) is 26.7 Å². The van der Waals surface area contributed by atoms with Gasteiger partial charge in [0.1, 0.15) is 0 Å². The van der Waals surface area contributed by atoms with E-state index in [1.807, 2.05) is 19.9 Å². The SMILES string of the molecule is CC(C)(CO)SC1=CCCC(Cl)=C1. The third-order valence-electron chi connectivity index (χ3n) is 1.80. The molecule has 0 aliphatic heterocycles. The van der Waals surface area contributed by atoms with Gasteiger partial charge in [-0.25, -0.2) is 0 Å². The zero-order valence-electron chi connectivity index (χ0n) is 8.01. The van der Waals surface area contributed by atoms with Crippen molar-refractivity contribution in [2.75, 3.05) is 6.61 Å². The molecule has 0 unspecified atom stereocenters. The number of rotatable bonds is 3. The average Bonchev–Trinajstić information content (AvgIpc) is 2.03. The number of allylic oxidation sites excluding steroid dienone is 3. The first-order chi connectivity index (χ1) is 6.03. The van der Waals surface area contributed by atoms with Gasteiger partial charge in [0.25, 0.3) is 0 Å². The van der Waals surface area contributed by atoms with Crippen molar-refractivity contribution in [1.29, 1.82) is 0 Å². The second-order valence-electron chi connectivity index (χ2n) is 3.76. The first-order valence-electron chi connectivity index (χ1n) is 4.39. The highest BCUT2D eigenvalue weighted by atomic mass is 35.5. The van der Waals surface area contributed by atoms with Crippen LogP contribution in [-0.2, 0) is 0 Å². The molecule has 1 aliphatic rings. The lowest BCUT2D eigenvalue weighted by Gasteiger charge is -2.22. The summed E-state index contributed by atoms with van der Waals surface area (Å²) >= 11 is 7.60. The highest BCUT2D eigenvalue weighted by molar-refractivity contribution is 8.04. The monoisotopic (exact) mass is 218 g/mol. The van der Waals surface area contributed by atoms with E-state index in [0.717, 1.165) is 17.9 Å². The Labute approximate surface area is 88.9 Å². The molecule has 1 N–H and O–H groups in total. The normalized spacial score (nSPS) is 18.2. The average molecular weight is 219 g/mol. The van der Waals surface area contributed by atoms with Gasteiger partial charge in [-0.2, -0.15) is 0 Å².